The van der Waals surface area contributed by atoms with Crippen LogP contribution in [0, 0.1) is 0 Å². The molecule has 0 aromatic carbocycles. The molecule has 2 aliphatic rings. The van der Waals surface area contributed by atoms with E-state index in [-0.39, 0.29) is 5.91 Å². The molecule has 19 heavy (non-hydrogen) atoms. The quantitative estimate of drug-likeness (QED) is 0.889. The van der Waals surface area contributed by atoms with E-state index >= 15 is 0 Å². The van der Waals surface area contributed by atoms with Gasteiger partial charge in [-0.05, 0) is 32.6 Å². The van der Waals surface area contributed by atoms with Gasteiger partial charge in [-0.25, -0.2) is 0 Å². The minimum atomic E-state index is 0.180. The first-order chi connectivity index (χ1) is 9.27. The molecule has 1 atom stereocenters. The molecule has 0 radical (unpaired) electrons. The standard InChI is InChI=1S/C15H23N3O/c1-11-6-5-9-18(11)15(19)13-10-16-17-14(13)12-7-3-2-4-8-12/h10-12H,2-9H2,1H3,(H,16,17)/t11-/m1/s1. The zero-order valence-electron chi connectivity index (χ0n) is 11.7. The third kappa shape index (κ3) is 2.40. The average molecular weight is 261 g/mol. The Balaban J connectivity index is 1.81. The van der Waals surface area contributed by atoms with Crippen molar-refractivity contribution < 1.29 is 4.79 Å². The van der Waals surface area contributed by atoms with E-state index < -0.39 is 0 Å². The average Bonchev–Trinajstić information content (AvgIpc) is 3.07. The summed E-state index contributed by atoms with van der Waals surface area (Å²) in [6, 6.07) is 0.376. The van der Waals surface area contributed by atoms with E-state index in [4.69, 9.17) is 0 Å². The fourth-order valence-electron chi connectivity index (χ4n) is 3.56. The van der Waals surface area contributed by atoms with E-state index in [0.29, 0.717) is 12.0 Å². The molecule has 1 aliphatic heterocycles. The van der Waals surface area contributed by atoms with Gasteiger partial charge in [-0.3, -0.25) is 9.89 Å². The molecular weight excluding hydrogens is 238 g/mol. The van der Waals surface area contributed by atoms with Crippen molar-refractivity contribution in [2.45, 2.75) is 63.8 Å². The number of aromatic amines is 1. The van der Waals surface area contributed by atoms with Crippen LogP contribution in [0.15, 0.2) is 6.20 Å². The fourth-order valence-corrected chi connectivity index (χ4v) is 3.56. The van der Waals surface area contributed by atoms with Gasteiger partial charge in [0.1, 0.15) is 0 Å². The lowest BCUT2D eigenvalue weighted by Crippen LogP contribution is -2.34. The van der Waals surface area contributed by atoms with Gasteiger partial charge in [-0.2, -0.15) is 5.10 Å². The lowest BCUT2D eigenvalue weighted by molar-refractivity contribution is 0.0745. The highest BCUT2D eigenvalue weighted by molar-refractivity contribution is 5.95. The van der Waals surface area contributed by atoms with Crippen molar-refractivity contribution in [1.82, 2.24) is 15.1 Å². The predicted octanol–water partition coefficient (Wildman–Crippen LogP) is 3.08. The van der Waals surface area contributed by atoms with Crippen molar-refractivity contribution in [1.29, 1.82) is 0 Å². The number of aromatic nitrogens is 2. The van der Waals surface area contributed by atoms with E-state index in [1.165, 1.54) is 32.1 Å². The van der Waals surface area contributed by atoms with Crippen LogP contribution in [0.3, 0.4) is 0 Å². The summed E-state index contributed by atoms with van der Waals surface area (Å²) >= 11 is 0. The van der Waals surface area contributed by atoms with Crippen LogP contribution in [-0.4, -0.2) is 33.6 Å². The summed E-state index contributed by atoms with van der Waals surface area (Å²) < 4.78 is 0. The van der Waals surface area contributed by atoms with Gasteiger partial charge in [0.15, 0.2) is 0 Å². The maximum absolute atomic E-state index is 12.6. The van der Waals surface area contributed by atoms with E-state index in [1.54, 1.807) is 6.20 Å². The van der Waals surface area contributed by atoms with Crippen molar-refractivity contribution in [2.24, 2.45) is 0 Å². The first kappa shape index (κ1) is 12.7. The molecule has 0 spiro atoms. The summed E-state index contributed by atoms with van der Waals surface area (Å²) in [4.78, 5) is 14.7. The number of amides is 1. The summed E-state index contributed by atoms with van der Waals surface area (Å²) in [5.41, 5.74) is 1.91. The molecule has 1 N–H and O–H groups in total. The molecule has 3 rings (SSSR count). The Morgan fingerprint density at radius 2 is 2.05 bits per heavy atom. The molecule has 2 heterocycles. The van der Waals surface area contributed by atoms with Gasteiger partial charge in [0, 0.05) is 18.5 Å². The fraction of sp³-hybridized carbons (Fsp3) is 0.733. The lowest BCUT2D eigenvalue weighted by atomic mass is 9.85. The summed E-state index contributed by atoms with van der Waals surface area (Å²) in [5.74, 6) is 0.687. The lowest BCUT2D eigenvalue weighted by Gasteiger charge is -2.24. The summed E-state index contributed by atoms with van der Waals surface area (Å²) in [5, 5.41) is 7.24. The number of rotatable bonds is 2. The zero-order valence-corrected chi connectivity index (χ0v) is 11.7. The predicted molar refractivity (Wildman–Crippen MR) is 74.1 cm³/mol. The maximum Gasteiger partial charge on any atom is 0.257 e. The Bertz CT molecular complexity index is 448. The third-order valence-corrected chi connectivity index (χ3v) is 4.73. The van der Waals surface area contributed by atoms with Gasteiger partial charge in [-0.1, -0.05) is 19.3 Å². The van der Waals surface area contributed by atoms with E-state index in [9.17, 15) is 4.79 Å². The van der Waals surface area contributed by atoms with Crippen molar-refractivity contribution in [3.63, 3.8) is 0 Å². The monoisotopic (exact) mass is 261 g/mol. The van der Waals surface area contributed by atoms with Crippen LogP contribution in [0.5, 0.6) is 0 Å². The summed E-state index contributed by atoms with van der Waals surface area (Å²) in [6.45, 7) is 3.04. The molecule has 1 saturated heterocycles. The van der Waals surface area contributed by atoms with Crippen molar-refractivity contribution >= 4 is 5.91 Å². The Kier molecular flexibility index (Phi) is 3.58. The van der Waals surface area contributed by atoms with Crippen LogP contribution in [0.1, 0.15) is 73.8 Å². The molecule has 4 heteroatoms. The van der Waals surface area contributed by atoms with Crippen molar-refractivity contribution in [3.8, 4) is 0 Å². The number of likely N-dealkylation sites (tertiary alicyclic amines) is 1. The molecule has 0 bridgehead atoms. The second kappa shape index (κ2) is 5.35. The summed E-state index contributed by atoms with van der Waals surface area (Å²) in [6.07, 6.45) is 10.3. The van der Waals surface area contributed by atoms with Crippen LogP contribution >= 0.6 is 0 Å². The SMILES string of the molecule is C[C@@H]1CCCN1C(=O)c1cn[nH]c1C1CCCCC1. The molecule has 104 valence electrons. The molecule has 2 fully saturated rings. The first-order valence-electron chi connectivity index (χ1n) is 7.61. The molecule has 0 unspecified atom stereocenters. The molecule has 1 aliphatic carbocycles. The van der Waals surface area contributed by atoms with Crippen LogP contribution in [0.4, 0.5) is 0 Å². The summed E-state index contributed by atoms with van der Waals surface area (Å²) in [7, 11) is 0. The molecule has 1 aromatic rings. The number of nitrogens with one attached hydrogen (secondary N) is 1. The second-order valence-electron chi connectivity index (χ2n) is 6.02. The molecule has 4 nitrogen and oxygen atoms in total. The Labute approximate surface area is 114 Å². The zero-order chi connectivity index (χ0) is 13.2. The molecule has 1 saturated carbocycles. The smallest absolute Gasteiger partial charge is 0.257 e. The number of hydrogen-bond acceptors (Lipinski definition) is 2. The number of carbonyl (C=O) groups is 1. The Morgan fingerprint density at radius 1 is 1.26 bits per heavy atom. The van der Waals surface area contributed by atoms with Crippen LogP contribution in [-0.2, 0) is 0 Å². The number of carbonyl (C=O) groups excluding carboxylic acids is 1. The maximum atomic E-state index is 12.6. The third-order valence-electron chi connectivity index (χ3n) is 4.73. The molecule has 1 aromatic heterocycles. The van der Waals surface area contributed by atoms with Gasteiger partial charge in [0.2, 0.25) is 0 Å². The molecular formula is C15H23N3O. The Morgan fingerprint density at radius 3 is 2.74 bits per heavy atom. The Hall–Kier alpha value is -1.32. The van der Waals surface area contributed by atoms with E-state index in [1.807, 2.05) is 4.90 Å². The van der Waals surface area contributed by atoms with E-state index in [2.05, 4.69) is 17.1 Å². The largest absolute Gasteiger partial charge is 0.336 e. The highest BCUT2D eigenvalue weighted by Gasteiger charge is 2.30. The van der Waals surface area contributed by atoms with Crippen LogP contribution < -0.4 is 0 Å². The van der Waals surface area contributed by atoms with E-state index in [0.717, 1.165) is 30.6 Å². The first-order valence-corrected chi connectivity index (χ1v) is 7.61. The van der Waals surface area contributed by atoms with Gasteiger partial charge in [0.25, 0.3) is 5.91 Å². The minimum Gasteiger partial charge on any atom is -0.336 e. The number of H-pyrrole nitrogens is 1. The number of hydrogen-bond donors (Lipinski definition) is 1. The van der Waals surface area contributed by atoms with Gasteiger partial charge in [0.05, 0.1) is 17.5 Å². The topological polar surface area (TPSA) is 49.0 Å². The molecule has 1 amide bonds. The van der Waals surface area contributed by atoms with Gasteiger partial charge < -0.3 is 4.90 Å². The van der Waals surface area contributed by atoms with Crippen molar-refractivity contribution in [3.05, 3.63) is 17.5 Å². The van der Waals surface area contributed by atoms with Gasteiger partial charge >= 0.3 is 0 Å². The highest BCUT2D eigenvalue weighted by Crippen LogP contribution is 2.34. The minimum absolute atomic E-state index is 0.180. The van der Waals surface area contributed by atoms with Crippen molar-refractivity contribution in [2.75, 3.05) is 6.54 Å². The normalized spacial score (nSPS) is 24.9. The number of nitrogens with zero attached hydrogens (tertiary/aromatic N) is 2. The van der Waals surface area contributed by atoms with Gasteiger partial charge in [-0.15, -0.1) is 0 Å². The highest BCUT2D eigenvalue weighted by atomic mass is 16.2. The van der Waals surface area contributed by atoms with Crippen LogP contribution in [0.2, 0.25) is 0 Å². The van der Waals surface area contributed by atoms with Crippen LogP contribution in [0.25, 0.3) is 0 Å². The second-order valence-corrected chi connectivity index (χ2v) is 6.02.